The van der Waals surface area contributed by atoms with Crippen molar-refractivity contribution in [2.24, 2.45) is 0 Å². The first kappa shape index (κ1) is 24.5. The number of para-hydroxylation sites is 1. The van der Waals surface area contributed by atoms with Crippen LogP contribution in [0.5, 0.6) is 0 Å². The molecule has 0 fully saturated rings. The van der Waals surface area contributed by atoms with Crippen molar-refractivity contribution < 1.29 is 33.7 Å². The fraction of sp³-hybridized carbons (Fsp3) is 0.133. The van der Waals surface area contributed by atoms with Gasteiger partial charge >= 0.3 is 6.01 Å². The SMILES string of the molecule is CCCC[N+]1=C=[N+](c2[c-]ccc3c2oc2ccccc23)C=C1.[Ir].[c-]1ccccc1-c1ccccn1. The van der Waals surface area contributed by atoms with E-state index in [2.05, 4.69) is 46.8 Å². The summed E-state index contributed by atoms with van der Waals surface area (Å²) in [7, 11) is 0. The average Bonchev–Trinajstić information content (AvgIpc) is 3.54. The van der Waals surface area contributed by atoms with Crippen LogP contribution < -0.4 is 0 Å². The van der Waals surface area contributed by atoms with Crippen molar-refractivity contribution in [3.05, 3.63) is 110 Å². The van der Waals surface area contributed by atoms with Crippen LogP contribution in [0, 0.1) is 12.1 Å². The first-order valence-corrected chi connectivity index (χ1v) is 11.5. The number of hydrogen-bond acceptors (Lipinski definition) is 2. The van der Waals surface area contributed by atoms with Crippen molar-refractivity contribution >= 4 is 33.6 Å². The molecule has 3 aromatic carbocycles. The summed E-state index contributed by atoms with van der Waals surface area (Å²) in [4.78, 5) is 4.22. The Balaban J connectivity index is 0.000000189. The quantitative estimate of drug-likeness (QED) is 0.153. The Bertz CT molecular complexity index is 1480. The smallest absolute Gasteiger partial charge is 0.493 e. The van der Waals surface area contributed by atoms with Gasteiger partial charge in [-0.1, -0.05) is 58.2 Å². The van der Waals surface area contributed by atoms with Gasteiger partial charge in [0.1, 0.15) is 5.58 Å². The van der Waals surface area contributed by atoms with Crippen molar-refractivity contribution in [1.82, 2.24) is 4.98 Å². The summed E-state index contributed by atoms with van der Waals surface area (Å²) in [6, 6.07) is 35.6. The van der Waals surface area contributed by atoms with Crippen LogP contribution in [0.1, 0.15) is 19.8 Å². The molecule has 1 radical (unpaired) electrons. The van der Waals surface area contributed by atoms with Gasteiger partial charge in [0.15, 0.2) is 12.2 Å². The minimum Gasteiger partial charge on any atom is -0.509 e. The third-order valence-electron chi connectivity index (χ3n) is 5.59. The van der Waals surface area contributed by atoms with Gasteiger partial charge in [0.05, 0.1) is 5.58 Å². The van der Waals surface area contributed by atoms with Gasteiger partial charge in [0.2, 0.25) is 6.20 Å². The van der Waals surface area contributed by atoms with E-state index in [0.29, 0.717) is 0 Å². The molecule has 35 heavy (non-hydrogen) atoms. The van der Waals surface area contributed by atoms with E-state index in [1.165, 1.54) is 6.42 Å². The molecule has 1 aliphatic rings. The molecule has 5 heteroatoms. The van der Waals surface area contributed by atoms with Crippen LogP contribution in [0.15, 0.2) is 102 Å². The summed E-state index contributed by atoms with van der Waals surface area (Å²) in [6.45, 7) is 3.18. The maximum absolute atomic E-state index is 6.05. The summed E-state index contributed by atoms with van der Waals surface area (Å²) < 4.78 is 10.1. The molecule has 6 rings (SSSR count). The van der Waals surface area contributed by atoms with Crippen LogP contribution in [-0.4, -0.2) is 26.7 Å². The standard InChI is InChI=1S/C19H17N2O.C11H8N.Ir/c1-2-3-11-20-12-13-21(14-20)17-9-6-8-16-15-7-4-5-10-18(15)22-19(16)17;1-2-6-10(7-3-1)11-8-4-5-9-12-11;/h4-8,10,12-13H,2-3,11H2,1H3;1-6,8-9H;/q+1;-1;. The molecule has 5 aromatic rings. The van der Waals surface area contributed by atoms with Gasteiger partial charge < -0.3 is 9.40 Å². The van der Waals surface area contributed by atoms with E-state index < -0.39 is 0 Å². The number of hydrogen-bond donors (Lipinski definition) is 0. The van der Waals surface area contributed by atoms with E-state index in [9.17, 15) is 0 Å². The van der Waals surface area contributed by atoms with Gasteiger partial charge in [-0.25, -0.2) is 0 Å². The zero-order valence-electron chi connectivity index (χ0n) is 19.4. The molecule has 0 aliphatic carbocycles. The first-order chi connectivity index (χ1) is 16.8. The van der Waals surface area contributed by atoms with Gasteiger partial charge in [0, 0.05) is 38.1 Å². The van der Waals surface area contributed by atoms with Crippen LogP contribution in [0.3, 0.4) is 0 Å². The predicted octanol–water partition coefficient (Wildman–Crippen LogP) is 7.05. The van der Waals surface area contributed by atoms with Gasteiger partial charge in [-0.2, -0.15) is 12.1 Å². The number of nitrogens with zero attached hydrogens (tertiary/aromatic N) is 3. The van der Waals surface area contributed by atoms with E-state index in [-0.39, 0.29) is 20.1 Å². The van der Waals surface area contributed by atoms with Crippen molar-refractivity contribution in [3.8, 4) is 11.3 Å². The number of aromatic nitrogens is 1. The fourth-order valence-electron chi connectivity index (χ4n) is 3.86. The van der Waals surface area contributed by atoms with Crippen LogP contribution in [-0.2, 0) is 20.1 Å². The van der Waals surface area contributed by atoms with Gasteiger partial charge in [0.25, 0.3) is 6.20 Å². The topological polar surface area (TPSA) is 32.0 Å². The van der Waals surface area contributed by atoms with E-state index in [0.717, 1.165) is 51.8 Å². The van der Waals surface area contributed by atoms with E-state index in [1.54, 1.807) is 6.20 Å². The zero-order valence-corrected chi connectivity index (χ0v) is 21.8. The second kappa shape index (κ2) is 11.7. The molecule has 1 aliphatic heterocycles. The molecule has 3 heterocycles. The van der Waals surface area contributed by atoms with E-state index >= 15 is 0 Å². The molecule has 0 amide bonds. The minimum atomic E-state index is 0. The molecular formula is C30H25IrN3O. The monoisotopic (exact) mass is 636 g/mol. The third kappa shape index (κ3) is 5.55. The summed E-state index contributed by atoms with van der Waals surface area (Å²) in [5.41, 5.74) is 4.68. The number of unbranched alkanes of at least 4 members (excludes halogenated alkanes) is 1. The fourth-order valence-corrected chi connectivity index (χ4v) is 3.86. The summed E-state index contributed by atoms with van der Waals surface area (Å²) in [6.07, 6.45) is 8.18. The predicted molar refractivity (Wildman–Crippen MR) is 135 cm³/mol. The van der Waals surface area contributed by atoms with Crippen molar-refractivity contribution in [2.45, 2.75) is 19.8 Å². The molecule has 0 saturated carbocycles. The Morgan fingerprint density at radius 2 is 1.74 bits per heavy atom. The van der Waals surface area contributed by atoms with E-state index in [4.69, 9.17) is 4.42 Å². The Hall–Kier alpha value is -3.62. The van der Waals surface area contributed by atoms with Crippen LogP contribution in [0.2, 0.25) is 0 Å². The molecule has 175 valence electrons. The molecule has 0 bridgehead atoms. The van der Waals surface area contributed by atoms with Crippen molar-refractivity contribution in [1.29, 1.82) is 0 Å². The largest absolute Gasteiger partial charge is 0.509 e. The van der Waals surface area contributed by atoms with Crippen LogP contribution in [0.4, 0.5) is 5.69 Å². The molecule has 4 nitrogen and oxygen atoms in total. The number of furan rings is 1. The van der Waals surface area contributed by atoms with Gasteiger partial charge in [-0.15, -0.1) is 42.0 Å². The number of fused-ring (bicyclic) bond motifs is 3. The van der Waals surface area contributed by atoms with Gasteiger partial charge in [-0.3, -0.25) is 0 Å². The van der Waals surface area contributed by atoms with Gasteiger partial charge in [-0.05, 0) is 17.8 Å². The van der Waals surface area contributed by atoms with Crippen LogP contribution in [0.25, 0.3) is 33.2 Å². The maximum Gasteiger partial charge on any atom is 0.493 e. The third-order valence-corrected chi connectivity index (χ3v) is 5.59. The molecule has 2 aromatic heterocycles. The van der Waals surface area contributed by atoms with Crippen molar-refractivity contribution in [3.63, 3.8) is 0 Å². The number of pyridine rings is 1. The van der Waals surface area contributed by atoms with Crippen LogP contribution >= 0.6 is 0 Å². The average molecular weight is 636 g/mol. The summed E-state index contributed by atoms with van der Waals surface area (Å²) in [5.74, 6) is 0. The van der Waals surface area contributed by atoms with E-state index in [1.807, 2.05) is 83.7 Å². The maximum atomic E-state index is 6.05. The molecule has 0 spiro atoms. The van der Waals surface area contributed by atoms with Crippen molar-refractivity contribution in [2.75, 3.05) is 6.54 Å². The second-order valence-corrected chi connectivity index (χ2v) is 7.97. The Kier molecular flexibility index (Phi) is 8.18. The molecule has 0 atom stereocenters. The first-order valence-electron chi connectivity index (χ1n) is 11.5. The summed E-state index contributed by atoms with van der Waals surface area (Å²) in [5, 5.41) is 2.25. The molecule has 0 N–H and O–H groups in total. The molecule has 0 saturated heterocycles. The normalized spacial score (nSPS) is 12.0. The number of rotatable bonds is 5. The molecular weight excluding hydrogens is 611 g/mol. The Morgan fingerprint density at radius 3 is 2.54 bits per heavy atom. The summed E-state index contributed by atoms with van der Waals surface area (Å²) >= 11 is 0. The molecule has 0 unspecified atom stereocenters. The minimum absolute atomic E-state index is 0. The number of benzene rings is 3. The Labute approximate surface area is 218 Å². The second-order valence-electron chi connectivity index (χ2n) is 7.97. The Morgan fingerprint density at radius 1 is 0.886 bits per heavy atom. The zero-order chi connectivity index (χ0) is 23.2.